The molecule has 1 aliphatic carbocycles. The van der Waals surface area contributed by atoms with Crippen molar-refractivity contribution in [1.29, 1.82) is 0 Å². The number of nitrogens with zero attached hydrogens (tertiary/aromatic N) is 1. The number of likely N-dealkylation sites (N-methyl/N-ethyl adjacent to an activating group) is 1. The number of hydrogen-bond acceptors (Lipinski definition) is 3. The van der Waals surface area contributed by atoms with E-state index in [0.29, 0.717) is 6.04 Å². The second-order valence-corrected chi connectivity index (χ2v) is 5.70. The highest BCUT2D eigenvalue weighted by Gasteiger charge is 2.38. The summed E-state index contributed by atoms with van der Waals surface area (Å²) >= 11 is 0. The van der Waals surface area contributed by atoms with E-state index >= 15 is 0 Å². The van der Waals surface area contributed by atoms with Crippen LogP contribution in [0.3, 0.4) is 0 Å². The molecule has 0 aromatic heterocycles. The van der Waals surface area contributed by atoms with E-state index in [9.17, 15) is 5.11 Å². The van der Waals surface area contributed by atoms with Gasteiger partial charge in [0.15, 0.2) is 0 Å². The minimum Gasteiger partial charge on any atom is -0.395 e. The van der Waals surface area contributed by atoms with E-state index in [-0.39, 0.29) is 24.1 Å². The minimum absolute atomic E-state index is 0.0306. The van der Waals surface area contributed by atoms with Gasteiger partial charge in [-0.15, -0.1) is 0 Å². The van der Waals surface area contributed by atoms with Crippen LogP contribution in [-0.4, -0.2) is 41.3 Å². The van der Waals surface area contributed by atoms with Gasteiger partial charge < -0.3 is 10.8 Å². The normalized spacial score (nSPS) is 21.8. The Hall–Kier alpha value is -0.120. The van der Waals surface area contributed by atoms with Crippen LogP contribution >= 0.6 is 0 Å². The lowest BCUT2D eigenvalue weighted by atomic mass is 9.82. The van der Waals surface area contributed by atoms with Gasteiger partial charge in [-0.25, -0.2) is 0 Å². The zero-order valence-corrected chi connectivity index (χ0v) is 10.5. The average molecular weight is 214 g/mol. The van der Waals surface area contributed by atoms with E-state index in [1.54, 1.807) is 0 Å². The summed E-state index contributed by atoms with van der Waals surface area (Å²) in [5.74, 6) is 0. The van der Waals surface area contributed by atoms with Crippen molar-refractivity contribution < 1.29 is 5.11 Å². The third-order valence-corrected chi connectivity index (χ3v) is 3.41. The first-order valence-electron chi connectivity index (χ1n) is 6.04. The summed E-state index contributed by atoms with van der Waals surface area (Å²) in [4.78, 5) is 2.37. The maximum Gasteiger partial charge on any atom is 0.0602 e. The lowest BCUT2D eigenvalue weighted by Gasteiger charge is -2.40. The summed E-state index contributed by atoms with van der Waals surface area (Å²) in [6.07, 6.45) is 2.53. The third kappa shape index (κ3) is 3.16. The highest BCUT2D eigenvalue weighted by molar-refractivity contribution is 4.95. The van der Waals surface area contributed by atoms with Crippen molar-refractivity contribution in [3.63, 3.8) is 0 Å². The topological polar surface area (TPSA) is 49.5 Å². The van der Waals surface area contributed by atoms with Crippen LogP contribution in [0.2, 0.25) is 0 Å². The predicted octanol–water partition coefficient (Wildman–Crippen LogP) is 1.21. The number of aliphatic hydroxyl groups is 1. The van der Waals surface area contributed by atoms with Crippen LogP contribution in [-0.2, 0) is 0 Å². The number of hydrogen-bond donors (Lipinski definition) is 2. The van der Waals surface area contributed by atoms with Gasteiger partial charge in [-0.1, -0.05) is 27.7 Å². The van der Waals surface area contributed by atoms with Crippen LogP contribution in [0.15, 0.2) is 0 Å². The van der Waals surface area contributed by atoms with Gasteiger partial charge in [0.25, 0.3) is 0 Å². The first kappa shape index (κ1) is 12.9. The van der Waals surface area contributed by atoms with Gasteiger partial charge in [-0.05, 0) is 24.8 Å². The Morgan fingerprint density at radius 3 is 2.20 bits per heavy atom. The minimum atomic E-state index is 0.0306. The highest BCUT2D eigenvalue weighted by Crippen LogP contribution is 2.31. The summed E-state index contributed by atoms with van der Waals surface area (Å²) in [5.41, 5.74) is 6.30. The SMILES string of the molecule is CCN(C1CC1)C(CO)C(N)C(C)(C)C. The largest absolute Gasteiger partial charge is 0.395 e. The van der Waals surface area contributed by atoms with Gasteiger partial charge in [-0.2, -0.15) is 0 Å². The highest BCUT2D eigenvalue weighted by atomic mass is 16.3. The Bertz CT molecular complexity index is 194. The number of rotatable bonds is 5. The van der Waals surface area contributed by atoms with Crippen molar-refractivity contribution in [1.82, 2.24) is 4.90 Å². The number of nitrogens with two attached hydrogens (primary N) is 1. The Labute approximate surface area is 93.6 Å². The smallest absolute Gasteiger partial charge is 0.0602 e. The van der Waals surface area contributed by atoms with E-state index in [1.165, 1.54) is 12.8 Å². The predicted molar refractivity (Wildman–Crippen MR) is 63.7 cm³/mol. The molecule has 1 aliphatic rings. The van der Waals surface area contributed by atoms with E-state index in [1.807, 2.05) is 0 Å². The molecule has 1 saturated carbocycles. The van der Waals surface area contributed by atoms with Crippen LogP contribution in [0.25, 0.3) is 0 Å². The molecule has 90 valence electrons. The summed E-state index contributed by atoms with van der Waals surface area (Å²) in [6, 6.07) is 0.811. The quantitative estimate of drug-likeness (QED) is 0.723. The fourth-order valence-corrected chi connectivity index (χ4v) is 2.17. The van der Waals surface area contributed by atoms with Crippen molar-refractivity contribution in [2.45, 2.75) is 58.7 Å². The van der Waals surface area contributed by atoms with Crippen molar-refractivity contribution >= 4 is 0 Å². The average Bonchev–Trinajstić information content (AvgIpc) is 2.94. The standard InChI is InChI=1S/C12H26N2O/c1-5-14(9-6-7-9)10(8-15)11(13)12(2,3)4/h9-11,15H,5-8,13H2,1-4H3. The van der Waals surface area contributed by atoms with Crippen LogP contribution in [0, 0.1) is 5.41 Å². The molecule has 0 aromatic carbocycles. The molecule has 3 N–H and O–H groups in total. The van der Waals surface area contributed by atoms with Gasteiger partial charge in [0, 0.05) is 18.1 Å². The van der Waals surface area contributed by atoms with Crippen LogP contribution in [0.5, 0.6) is 0 Å². The molecule has 2 atom stereocenters. The Balaban J connectivity index is 2.67. The van der Waals surface area contributed by atoms with Gasteiger partial charge in [-0.3, -0.25) is 4.90 Å². The molecule has 0 aromatic rings. The fourth-order valence-electron chi connectivity index (χ4n) is 2.17. The molecule has 0 amide bonds. The first-order valence-corrected chi connectivity index (χ1v) is 6.04. The van der Waals surface area contributed by atoms with Crippen molar-refractivity contribution in [3.05, 3.63) is 0 Å². The summed E-state index contributed by atoms with van der Waals surface area (Å²) in [5, 5.41) is 9.52. The maximum atomic E-state index is 9.52. The van der Waals surface area contributed by atoms with Crippen LogP contribution in [0.4, 0.5) is 0 Å². The Morgan fingerprint density at radius 1 is 1.40 bits per heavy atom. The van der Waals surface area contributed by atoms with E-state index in [0.717, 1.165) is 6.54 Å². The molecule has 0 heterocycles. The monoisotopic (exact) mass is 214 g/mol. The summed E-state index contributed by atoms with van der Waals surface area (Å²) in [6.45, 7) is 9.72. The zero-order chi connectivity index (χ0) is 11.6. The Kier molecular flexibility index (Phi) is 4.15. The van der Waals surface area contributed by atoms with E-state index in [4.69, 9.17) is 5.73 Å². The van der Waals surface area contributed by atoms with Crippen molar-refractivity contribution in [3.8, 4) is 0 Å². The zero-order valence-electron chi connectivity index (χ0n) is 10.5. The molecule has 2 unspecified atom stereocenters. The van der Waals surface area contributed by atoms with Gasteiger partial charge in [0.1, 0.15) is 0 Å². The third-order valence-electron chi connectivity index (χ3n) is 3.41. The van der Waals surface area contributed by atoms with Crippen LogP contribution in [0.1, 0.15) is 40.5 Å². The van der Waals surface area contributed by atoms with E-state index < -0.39 is 0 Å². The molecule has 0 radical (unpaired) electrons. The molecular formula is C12H26N2O. The molecule has 15 heavy (non-hydrogen) atoms. The first-order chi connectivity index (χ1) is 6.91. The van der Waals surface area contributed by atoms with Gasteiger partial charge in [0.05, 0.1) is 6.61 Å². The lowest BCUT2D eigenvalue weighted by molar-refractivity contribution is 0.0688. The van der Waals surface area contributed by atoms with Crippen LogP contribution < -0.4 is 5.73 Å². The molecule has 0 aliphatic heterocycles. The molecule has 1 rings (SSSR count). The van der Waals surface area contributed by atoms with Gasteiger partial charge in [0.2, 0.25) is 0 Å². The molecule has 3 nitrogen and oxygen atoms in total. The molecule has 0 saturated heterocycles. The molecule has 3 heteroatoms. The van der Waals surface area contributed by atoms with Gasteiger partial charge >= 0.3 is 0 Å². The maximum absolute atomic E-state index is 9.52. The number of aliphatic hydroxyl groups excluding tert-OH is 1. The molecule has 1 fully saturated rings. The fraction of sp³-hybridized carbons (Fsp3) is 1.00. The summed E-state index contributed by atoms with van der Waals surface area (Å²) < 4.78 is 0. The Morgan fingerprint density at radius 2 is 1.93 bits per heavy atom. The molecule has 0 spiro atoms. The second kappa shape index (κ2) is 4.81. The second-order valence-electron chi connectivity index (χ2n) is 5.70. The van der Waals surface area contributed by atoms with E-state index in [2.05, 4.69) is 32.6 Å². The molecular weight excluding hydrogens is 188 g/mol. The summed E-state index contributed by atoms with van der Waals surface area (Å²) in [7, 11) is 0. The van der Waals surface area contributed by atoms with Crippen molar-refractivity contribution in [2.75, 3.05) is 13.2 Å². The molecule has 0 bridgehead atoms. The lowest BCUT2D eigenvalue weighted by Crippen LogP contribution is -2.56. The van der Waals surface area contributed by atoms with Crippen molar-refractivity contribution in [2.24, 2.45) is 11.1 Å².